The van der Waals surface area contributed by atoms with Gasteiger partial charge in [-0.2, -0.15) is 0 Å². The van der Waals surface area contributed by atoms with Crippen LogP contribution >= 0.6 is 0 Å². The van der Waals surface area contributed by atoms with E-state index in [9.17, 15) is 0 Å². The lowest BCUT2D eigenvalue weighted by atomic mass is 9.97. The van der Waals surface area contributed by atoms with Crippen molar-refractivity contribution in [2.75, 3.05) is 6.61 Å². The van der Waals surface area contributed by atoms with Gasteiger partial charge in [0.1, 0.15) is 0 Å². The molecule has 0 saturated carbocycles. The Bertz CT molecular complexity index is 183. The molecule has 0 aromatic carbocycles. The molecule has 0 fully saturated rings. The second kappa shape index (κ2) is 4.27. The van der Waals surface area contributed by atoms with E-state index < -0.39 is 0 Å². The monoisotopic (exact) mass is 164 g/mol. The highest BCUT2D eigenvalue weighted by Crippen LogP contribution is 2.31. The molecule has 1 heteroatoms. The van der Waals surface area contributed by atoms with E-state index in [1.54, 1.807) is 6.08 Å². The molecule has 0 N–H and O–H groups in total. The summed E-state index contributed by atoms with van der Waals surface area (Å²) >= 11 is 0. The summed E-state index contributed by atoms with van der Waals surface area (Å²) in [6.45, 7) is 8.02. The third kappa shape index (κ3) is 2.08. The van der Waals surface area contributed by atoms with Gasteiger partial charge < -0.3 is 4.74 Å². The normalized spacial score (nSPS) is 19.3. The van der Waals surface area contributed by atoms with E-state index in [0.29, 0.717) is 6.61 Å². The van der Waals surface area contributed by atoms with Crippen LogP contribution in [0, 0.1) is 0 Å². The molecule has 1 aliphatic rings. The minimum absolute atomic E-state index is 0.00403. The lowest BCUT2D eigenvalue weighted by Crippen LogP contribution is -2.28. The van der Waals surface area contributed by atoms with E-state index in [-0.39, 0.29) is 5.60 Å². The van der Waals surface area contributed by atoms with Gasteiger partial charge in [-0.25, -0.2) is 0 Å². The second-order valence-electron chi connectivity index (χ2n) is 3.16. The molecule has 0 aromatic heterocycles. The zero-order valence-electron chi connectivity index (χ0n) is 7.46. The van der Waals surface area contributed by atoms with Crippen LogP contribution in [0.4, 0.5) is 0 Å². The molecular weight excluding hydrogens is 148 g/mol. The van der Waals surface area contributed by atoms with Gasteiger partial charge in [-0.15, -0.1) is 13.2 Å². The Morgan fingerprint density at radius 3 is 2.42 bits per heavy atom. The van der Waals surface area contributed by atoms with E-state index >= 15 is 0 Å². The maximum atomic E-state index is 5.73. The third-order valence-corrected chi connectivity index (χ3v) is 2.17. The van der Waals surface area contributed by atoms with E-state index in [4.69, 9.17) is 4.74 Å². The van der Waals surface area contributed by atoms with Crippen molar-refractivity contribution in [3.8, 4) is 0 Å². The van der Waals surface area contributed by atoms with Crippen molar-refractivity contribution in [2.45, 2.75) is 24.9 Å². The lowest BCUT2D eigenvalue weighted by Gasteiger charge is -2.27. The van der Waals surface area contributed by atoms with Crippen molar-refractivity contribution >= 4 is 0 Å². The highest BCUT2D eigenvalue weighted by atomic mass is 16.5. The molecule has 0 bridgehead atoms. The zero-order valence-corrected chi connectivity index (χ0v) is 7.46. The quantitative estimate of drug-likeness (QED) is 0.568. The van der Waals surface area contributed by atoms with Crippen molar-refractivity contribution in [1.29, 1.82) is 0 Å². The van der Waals surface area contributed by atoms with Gasteiger partial charge in [0.2, 0.25) is 0 Å². The minimum Gasteiger partial charge on any atom is -0.370 e. The molecule has 1 rings (SSSR count). The molecule has 0 atom stereocenters. The Hall–Kier alpha value is -0.820. The van der Waals surface area contributed by atoms with Gasteiger partial charge in [-0.1, -0.05) is 24.3 Å². The first kappa shape index (κ1) is 9.27. The molecule has 66 valence electrons. The summed E-state index contributed by atoms with van der Waals surface area (Å²) in [7, 11) is 0. The predicted molar refractivity (Wildman–Crippen MR) is 52.1 cm³/mol. The molecule has 0 unspecified atom stereocenters. The van der Waals surface area contributed by atoms with Crippen LogP contribution in [0.2, 0.25) is 0 Å². The van der Waals surface area contributed by atoms with E-state index in [1.165, 1.54) is 0 Å². The van der Waals surface area contributed by atoms with Gasteiger partial charge in [0.25, 0.3) is 0 Å². The topological polar surface area (TPSA) is 9.23 Å². The van der Waals surface area contributed by atoms with Gasteiger partial charge in [-0.05, 0) is 19.3 Å². The summed E-state index contributed by atoms with van der Waals surface area (Å²) in [5.74, 6) is 0. The zero-order chi connectivity index (χ0) is 8.86. The first-order chi connectivity index (χ1) is 5.83. The van der Waals surface area contributed by atoms with Crippen LogP contribution in [0.25, 0.3) is 0 Å². The summed E-state index contributed by atoms with van der Waals surface area (Å²) < 4.78 is 5.73. The molecule has 0 spiro atoms. The summed E-state index contributed by atoms with van der Waals surface area (Å²) in [4.78, 5) is 0. The Labute approximate surface area is 74.4 Å². The van der Waals surface area contributed by atoms with E-state index in [0.717, 1.165) is 19.3 Å². The fourth-order valence-corrected chi connectivity index (χ4v) is 1.52. The van der Waals surface area contributed by atoms with Gasteiger partial charge in [0, 0.05) is 0 Å². The third-order valence-electron chi connectivity index (χ3n) is 2.17. The molecule has 1 aliphatic carbocycles. The molecule has 0 heterocycles. The van der Waals surface area contributed by atoms with Crippen LogP contribution in [0.1, 0.15) is 19.3 Å². The fraction of sp³-hybridized carbons (Fsp3) is 0.455. The number of ether oxygens (including phenoxy) is 1. The summed E-state index contributed by atoms with van der Waals surface area (Å²) in [6, 6.07) is 0. The van der Waals surface area contributed by atoms with Crippen molar-refractivity contribution < 1.29 is 4.74 Å². The number of hydrogen-bond donors (Lipinski definition) is 0. The Balaban J connectivity index is 2.47. The Morgan fingerprint density at radius 2 is 1.92 bits per heavy atom. The summed E-state index contributed by atoms with van der Waals surface area (Å²) in [6.07, 6.45) is 11.0. The number of rotatable bonds is 5. The SMILES string of the molecule is C=CCOC1(CC=C)CC=CC1. The maximum absolute atomic E-state index is 5.73. The smallest absolute Gasteiger partial charge is 0.0789 e. The van der Waals surface area contributed by atoms with Gasteiger partial charge in [0.15, 0.2) is 0 Å². The van der Waals surface area contributed by atoms with Crippen LogP contribution in [-0.2, 0) is 4.74 Å². The van der Waals surface area contributed by atoms with Crippen molar-refractivity contribution in [1.82, 2.24) is 0 Å². The molecule has 1 nitrogen and oxygen atoms in total. The van der Waals surface area contributed by atoms with Crippen LogP contribution in [0.15, 0.2) is 37.5 Å². The molecule has 0 aliphatic heterocycles. The Morgan fingerprint density at radius 1 is 1.25 bits per heavy atom. The van der Waals surface area contributed by atoms with Crippen LogP contribution in [-0.4, -0.2) is 12.2 Å². The van der Waals surface area contributed by atoms with Gasteiger partial charge >= 0.3 is 0 Å². The van der Waals surface area contributed by atoms with Crippen molar-refractivity contribution in [3.63, 3.8) is 0 Å². The van der Waals surface area contributed by atoms with Crippen LogP contribution < -0.4 is 0 Å². The standard InChI is InChI=1S/C11H16O/c1-3-7-11(12-10-4-2)8-5-6-9-11/h3-6H,1-2,7-10H2. The fourth-order valence-electron chi connectivity index (χ4n) is 1.52. The molecule has 0 radical (unpaired) electrons. The highest BCUT2D eigenvalue weighted by molar-refractivity contribution is 5.07. The maximum Gasteiger partial charge on any atom is 0.0789 e. The summed E-state index contributed by atoms with van der Waals surface area (Å²) in [5.41, 5.74) is -0.00403. The van der Waals surface area contributed by atoms with Crippen LogP contribution in [0.5, 0.6) is 0 Å². The predicted octanol–water partition coefficient (Wildman–Crippen LogP) is 2.85. The average molecular weight is 164 g/mol. The molecule has 0 saturated heterocycles. The highest BCUT2D eigenvalue weighted by Gasteiger charge is 2.29. The molecule has 12 heavy (non-hydrogen) atoms. The molecular formula is C11H16O. The van der Waals surface area contributed by atoms with Crippen molar-refractivity contribution in [3.05, 3.63) is 37.5 Å². The largest absolute Gasteiger partial charge is 0.370 e. The number of hydrogen-bond acceptors (Lipinski definition) is 1. The molecule has 0 aromatic rings. The first-order valence-electron chi connectivity index (χ1n) is 4.34. The Kier molecular flexibility index (Phi) is 3.30. The van der Waals surface area contributed by atoms with Crippen molar-refractivity contribution in [2.24, 2.45) is 0 Å². The van der Waals surface area contributed by atoms with Gasteiger partial charge in [0.05, 0.1) is 12.2 Å². The summed E-state index contributed by atoms with van der Waals surface area (Å²) in [5, 5.41) is 0. The van der Waals surface area contributed by atoms with E-state index in [2.05, 4.69) is 25.3 Å². The van der Waals surface area contributed by atoms with Crippen LogP contribution in [0.3, 0.4) is 0 Å². The first-order valence-corrected chi connectivity index (χ1v) is 4.34. The second-order valence-corrected chi connectivity index (χ2v) is 3.16. The lowest BCUT2D eigenvalue weighted by molar-refractivity contribution is -0.0183. The van der Waals surface area contributed by atoms with E-state index in [1.807, 2.05) is 6.08 Å². The average Bonchev–Trinajstić information content (AvgIpc) is 2.51. The molecule has 0 amide bonds. The van der Waals surface area contributed by atoms with Gasteiger partial charge in [-0.3, -0.25) is 0 Å². The minimum atomic E-state index is -0.00403.